The normalized spacial score (nSPS) is 23.1. The van der Waals surface area contributed by atoms with E-state index in [2.05, 4.69) is 23.0 Å². The predicted molar refractivity (Wildman–Crippen MR) is 117 cm³/mol. The number of benzene rings is 1. The van der Waals surface area contributed by atoms with Crippen molar-refractivity contribution in [2.45, 2.75) is 57.5 Å². The Hall–Kier alpha value is -3.14. The quantitative estimate of drug-likeness (QED) is 0.405. The van der Waals surface area contributed by atoms with E-state index in [1.807, 2.05) is 0 Å². The van der Waals surface area contributed by atoms with E-state index in [1.54, 1.807) is 24.3 Å². The highest BCUT2D eigenvalue weighted by Crippen LogP contribution is 2.35. The van der Waals surface area contributed by atoms with Crippen LogP contribution in [0.2, 0.25) is 5.02 Å². The number of ether oxygens (including phenoxy) is 1. The zero-order valence-electron chi connectivity index (χ0n) is 18.5. The molecule has 1 atom stereocenters. The minimum Gasteiger partial charge on any atom is -0.455 e. The van der Waals surface area contributed by atoms with Crippen molar-refractivity contribution in [3.8, 4) is 0 Å². The average Bonchev–Trinajstić information content (AvgIpc) is 2.98. The van der Waals surface area contributed by atoms with Crippen LogP contribution in [-0.4, -0.2) is 46.9 Å². The van der Waals surface area contributed by atoms with Gasteiger partial charge in [0.25, 0.3) is 11.8 Å². The molecule has 10 nitrogen and oxygen atoms in total. The fraction of sp³-hybridized carbons (Fsp3) is 0.500. The minimum atomic E-state index is -0.988. The lowest BCUT2D eigenvalue weighted by atomic mass is 9.77. The lowest BCUT2D eigenvalue weighted by Gasteiger charge is -2.33. The number of urea groups is 1. The first-order chi connectivity index (χ1) is 15.6. The summed E-state index contributed by atoms with van der Waals surface area (Å²) in [5.41, 5.74) is 1.86. The summed E-state index contributed by atoms with van der Waals surface area (Å²) < 4.78 is 4.99. The van der Waals surface area contributed by atoms with Crippen molar-refractivity contribution in [2.24, 2.45) is 5.92 Å². The van der Waals surface area contributed by atoms with Gasteiger partial charge in [0.15, 0.2) is 6.61 Å². The SMILES string of the molecule is CC(=O)NC(CC(=O)OCC(=O)NN1C(=O)NC2(CCC(C)CC2)C1=O)c1ccc(Cl)cc1. The molecule has 1 aliphatic carbocycles. The first-order valence-electron chi connectivity index (χ1n) is 10.7. The van der Waals surface area contributed by atoms with Crippen LogP contribution in [0.25, 0.3) is 0 Å². The molecule has 3 rings (SSSR count). The van der Waals surface area contributed by atoms with Gasteiger partial charge in [-0.1, -0.05) is 30.7 Å². The maximum absolute atomic E-state index is 12.8. The summed E-state index contributed by atoms with van der Waals surface area (Å²) in [5, 5.41) is 6.50. The van der Waals surface area contributed by atoms with Crippen LogP contribution in [0.5, 0.6) is 0 Å². The molecule has 1 heterocycles. The van der Waals surface area contributed by atoms with E-state index in [0.717, 1.165) is 12.8 Å². The lowest BCUT2D eigenvalue weighted by Crippen LogP contribution is -2.52. The van der Waals surface area contributed by atoms with E-state index in [1.165, 1.54) is 6.92 Å². The maximum Gasteiger partial charge on any atom is 0.344 e. The van der Waals surface area contributed by atoms with Gasteiger partial charge in [0.05, 0.1) is 12.5 Å². The molecule has 1 saturated heterocycles. The van der Waals surface area contributed by atoms with Crippen LogP contribution in [0.4, 0.5) is 4.79 Å². The number of hydrogen-bond donors (Lipinski definition) is 3. The van der Waals surface area contributed by atoms with Crippen molar-refractivity contribution in [1.29, 1.82) is 0 Å². The first-order valence-corrected chi connectivity index (χ1v) is 11.1. The summed E-state index contributed by atoms with van der Waals surface area (Å²) in [7, 11) is 0. The number of carbonyl (C=O) groups excluding carboxylic acids is 5. The van der Waals surface area contributed by atoms with Crippen molar-refractivity contribution >= 4 is 41.3 Å². The molecule has 178 valence electrons. The molecule has 1 aliphatic heterocycles. The third-order valence-corrected chi connectivity index (χ3v) is 6.16. The van der Waals surface area contributed by atoms with E-state index in [4.69, 9.17) is 16.3 Å². The largest absolute Gasteiger partial charge is 0.455 e. The molecule has 3 N–H and O–H groups in total. The highest BCUT2D eigenvalue weighted by atomic mass is 35.5. The fourth-order valence-corrected chi connectivity index (χ4v) is 4.16. The van der Waals surface area contributed by atoms with Gasteiger partial charge in [-0.05, 0) is 49.3 Å². The molecule has 0 radical (unpaired) electrons. The molecule has 1 unspecified atom stereocenters. The van der Waals surface area contributed by atoms with Crippen molar-refractivity contribution in [3.63, 3.8) is 0 Å². The van der Waals surface area contributed by atoms with Crippen LogP contribution >= 0.6 is 11.6 Å². The number of esters is 1. The fourth-order valence-electron chi connectivity index (χ4n) is 4.04. The van der Waals surface area contributed by atoms with Gasteiger partial charge >= 0.3 is 12.0 Å². The smallest absolute Gasteiger partial charge is 0.344 e. The zero-order valence-corrected chi connectivity index (χ0v) is 19.2. The summed E-state index contributed by atoms with van der Waals surface area (Å²) in [5.74, 6) is -1.94. The third-order valence-electron chi connectivity index (χ3n) is 5.91. The molecule has 1 aromatic rings. The number of hydrazine groups is 1. The van der Waals surface area contributed by atoms with Gasteiger partial charge in [-0.3, -0.25) is 24.6 Å². The molecule has 11 heteroatoms. The second-order valence-electron chi connectivity index (χ2n) is 8.54. The number of rotatable bonds is 7. The summed E-state index contributed by atoms with van der Waals surface area (Å²) in [4.78, 5) is 61.1. The Morgan fingerprint density at radius 2 is 1.85 bits per heavy atom. The second-order valence-corrected chi connectivity index (χ2v) is 8.98. The highest BCUT2D eigenvalue weighted by Gasteiger charge is 2.52. The number of hydrogen-bond acceptors (Lipinski definition) is 6. The number of nitrogens with zero attached hydrogens (tertiary/aromatic N) is 1. The van der Waals surface area contributed by atoms with Gasteiger partial charge in [0.2, 0.25) is 5.91 Å². The van der Waals surface area contributed by atoms with Crippen molar-refractivity contribution in [3.05, 3.63) is 34.9 Å². The van der Waals surface area contributed by atoms with E-state index >= 15 is 0 Å². The molecular formula is C22H27ClN4O6. The van der Waals surface area contributed by atoms with Crippen LogP contribution in [0.15, 0.2) is 24.3 Å². The monoisotopic (exact) mass is 478 g/mol. The van der Waals surface area contributed by atoms with Gasteiger partial charge in [0.1, 0.15) is 5.54 Å². The molecule has 2 aliphatic rings. The number of imide groups is 1. The molecule has 0 aromatic heterocycles. The molecule has 2 fully saturated rings. The topological polar surface area (TPSA) is 134 Å². The number of nitrogens with one attached hydrogen (secondary N) is 3. The Morgan fingerprint density at radius 3 is 2.45 bits per heavy atom. The minimum absolute atomic E-state index is 0.223. The first kappa shape index (κ1) is 24.5. The van der Waals surface area contributed by atoms with E-state index < -0.39 is 42.0 Å². The summed E-state index contributed by atoms with van der Waals surface area (Å²) in [6.45, 7) is 2.72. The average molecular weight is 479 g/mol. The zero-order chi connectivity index (χ0) is 24.2. The molecule has 0 bridgehead atoms. The van der Waals surface area contributed by atoms with Gasteiger partial charge in [-0.25, -0.2) is 4.79 Å². The molecule has 5 amide bonds. The molecule has 33 heavy (non-hydrogen) atoms. The summed E-state index contributed by atoms with van der Waals surface area (Å²) >= 11 is 5.88. The Labute approximate surface area is 196 Å². The Bertz CT molecular complexity index is 943. The Kier molecular flexibility index (Phi) is 7.57. The highest BCUT2D eigenvalue weighted by molar-refractivity contribution is 6.30. The number of amides is 5. The van der Waals surface area contributed by atoms with Crippen LogP contribution in [0, 0.1) is 5.92 Å². The second kappa shape index (κ2) is 10.2. The van der Waals surface area contributed by atoms with Crippen LogP contribution in [-0.2, 0) is 23.9 Å². The van der Waals surface area contributed by atoms with Crippen molar-refractivity contribution in [2.75, 3.05) is 6.61 Å². The predicted octanol–water partition coefficient (Wildman–Crippen LogP) is 1.98. The van der Waals surface area contributed by atoms with Crippen LogP contribution in [0.1, 0.15) is 57.6 Å². The van der Waals surface area contributed by atoms with Gasteiger partial charge in [-0.2, -0.15) is 5.01 Å². The van der Waals surface area contributed by atoms with Crippen LogP contribution in [0.3, 0.4) is 0 Å². The molecule has 1 spiro atoms. The molecular weight excluding hydrogens is 452 g/mol. The molecule has 1 aromatic carbocycles. The van der Waals surface area contributed by atoms with E-state index in [0.29, 0.717) is 34.4 Å². The van der Waals surface area contributed by atoms with E-state index in [9.17, 15) is 24.0 Å². The van der Waals surface area contributed by atoms with Gasteiger partial charge in [-0.15, -0.1) is 0 Å². The maximum atomic E-state index is 12.8. The third kappa shape index (κ3) is 6.01. The van der Waals surface area contributed by atoms with Gasteiger partial charge in [0, 0.05) is 11.9 Å². The van der Waals surface area contributed by atoms with E-state index in [-0.39, 0.29) is 12.3 Å². The summed E-state index contributed by atoms with van der Waals surface area (Å²) in [6.07, 6.45) is 2.40. The Balaban J connectivity index is 1.52. The lowest BCUT2D eigenvalue weighted by molar-refractivity contribution is -0.151. The number of carbonyl (C=O) groups is 5. The molecule has 1 saturated carbocycles. The number of halogens is 1. The van der Waals surface area contributed by atoms with Crippen molar-refractivity contribution in [1.82, 2.24) is 21.1 Å². The summed E-state index contributed by atoms with van der Waals surface area (Å²) in [6, 6.07) is 5.22. The van der Waals surface area contributed by atoms with Crippen LogP contribution < -0.4 is 16.1 Å². The Morgan fingerprint density at radius 1 is 1.21 bits per heavy atom. The van der Waals surface area contributed by atoms with Gasteiger partial charge < -0.3 is 15.4 Å². The van der Waals surface area contributed by atoms with Crippen molar-refractivity contribution < 1.29 is 28.7 Å². The standard InChI is InChI=1S/C22H27ClN4O6/c1-13-7-9-22(10-8-13)20(31)27(21(32)25-22)26-18(29)12-33-19(30)11-17(24-14(2)28)15-3-5-16(23)6-4-15/h3-6,13,17H,7-12H2,1-2H3,(H,24,28)(H,25,32)(H,26,29).